The summed E-state index contributed by atoms with van der Waals surface area (Å²) >= 11 is 0. The molecule has 0 spiro atoms. The van der Waals surface area contributed by atoms with E-state index in [2.05, 4.69) is 22.4 Å². The van der Waals surface area contributed by atoms with Crippen molar-refractivity contribution >= 4 is 0 Å². The van der Waals surface area contributed by atoms with Crippen molar-refractivity contribution in [3.8, 4) is 5.69 Å². The van der Waals surface area contributed by atoms with E-state index in [4.69, 9.17) is 0 Å². The van der Waals surface area contributed by atoms with Crippen LogP contribution in [0, 0.1) is 5.92 Å². The molecule has 1 heterocycles. The van der Waals surface area contributed by atoms with Crippen LogP contribution in [0.15, 0.2) is 30.3 Å². The fraction of sp³-hybridized carbons (Fsp3) is 0.462. The van der Waals surface area contributed by atoms with Gasteiger partial charge in [0.05, 0.1) is 11.8 Å². The summed E-state index contributed by atoms with van der Waals surface area (Å²) < 4.78 is 1.73. The highest BCUT2D eigenvalue weighted by molar-refractivity contribution is 5.30. The number of aliphatic hydroxyl groups is 1. The molecule has 2 unspecified atom stereocenters. The predicted octanol–water partition coefficient (Wildman–Crippen LogP) is 1.61. The maximum absolute atomic E-state index is 9.69. The number of aromatic nitrogens is 4. The van der Waals surface area contributed by atoms with Gasteiger partial charge < -0.3 is 5.11 Å². The molecule has 2 aromatic rings. The van der Waals surface area contributed by atoms with Crippen LogP contribution in [-0.4, -0.2) is 31.4 Å². The van der Waals surface area contributed by atoms with Gasteiger partial charge in [0, 0.05) is 6.42 Å². The van der Waals surface area contributed by atoms with Gasteiger partial charge in [-0.3, -0.25) is 0 Å². The van der Waals surface area contributed by atoms with Crippen LogP contribution in [0.2, 0.25) is 0 Å². The van der Waals surface area contributed by atoms with Crippen molar-refractivity contribution in [2.45, 2.75) is 32.8 Å². The number of tetrazole rings is 1. The SMILES string of the molecule is CCC(Cc1nnnn1-c1ccccc1)C(C)O. The first-order chi connectivity index (χ1) is 8.72. The molecule has 0 aliphatic rings. The Bertz CT molecular complexity index is 481. The number of hydrogen-bond acceptors (Lipinski definition) is 4. The first-order valence-corrected chi connectivity index (χ1v) is 6.23. The average molecular weight is 246 g/mol. The number of aliphatic hydroxyl groups excluding tert-OH is 1. The van der Waals surface area contributed by atoms with E-state index in [0.29, 0.717) is 6.42 Å². The van der Waals surface area contributed by atoms with Crippen LogP contribution >= 0.6 is 0 Å². The third kappa shape index (κ3) is 2.73. The molecule has 0 amide bonds. The van der Waals surface area contributed by atoms with Crippen molar-refractivity contribution < 1.29 is 5.11 Å². The molecule has 18 heavy (non-hydrogen) atoms. The number of para-hydroxylation sites is 1. The molecule has 96 valence electrons. The summed E-state index contributed by atoms with van der Waals surface area (Å²) in [6.45, 7) is 3.87. The maximum Gasteiger partial charge on any atom is 0.157 e. The van der Waals surface area contributed by atoms with Crippen LogP contribution in [0.4, 0.5) is 0 Å². The van der Waals surface area contributed by atoms with Crippen molar-refractivity contribution in [2.75, 3.05) is 0 Å². The topological polar surface area (TPSA) is 63.8 Å². The van der Waals surface area contributed by atoms with E-state index in [9.17, 15) is 5.11 Å². The van der Waals surface area contributed by atoms with Crippen LogP contribution < -0.4 is 0 Å². The molecular weight excluding hydrogens is 228 g/mol. The Morgan fingerprint density at radius 1 is 1.28 bits per heavy atom. The number of nitrogens with zero attached hydrogens (tertiary/aromatic N) is 4. The van der Waals surface area contributed by atoms with Gasteiger partial charge >= 0.3 is 0 Å². The number of hydrogen-bond donors (Lipinski definition) is 1. The lowest BCUT2D eigenvalue weighted by atomic mass is 9.96. The highest BCUT2D eigenvalue weighted by Crippen LogP contribution is 2.16. The molecule has 1 aromatic heterocycles. The molecule has 2 rings (SSSR count). The van der Waals surface area contributed by atoms with Crippen molar-refractivity contribution in [2.24, 2.45) is 5.92 Å². The quantitative estimate of drug-likeness (QED) is 0.870. The Balaban J connectivity index is 2.23. The van der Waals surface area contributed by atoms with Gasteiger partial charge in [-0.05, 0) is 35.4 Å². The van der Waals surface area contributed by atoms with Gasteiger partial charge in [0.25, 0.3) is 0 Å². The minimum absolute atomic E-state index is 0.179. The summed E-state index contributed by atoms with van der Waals surface area (Å²) in [5.74, 6) is 0.965. The molecule has 0 aliphatic heterocycles. The molecule has 1 aromatic carbocycles. The Hall–Kier alpha value is -1.75. The third-order valence-corrected chi connectivity index (χ3v) is 3.19. The van der Waals surface area contributed by atoms with Crippen LogP contribution in [0.3, 0.4) is 0 Å². The fourth-order valence-electron chi connectivity index (χ4n) is 1.99. The van der Waals surface area contributed by atoms with Gasteiger partial charge in [-0.25, -0.2) is 0 Å². The zero-order valence-electron chi connectivity index (χ0n) is 10.7. The lowest BCUT2D eigenvalue weighted by Gasteiger charge is -2.17. The van der Waals surface area contributed by atoms with E-state index >= 15 is 0 Å². The summed E-state index contributed by atoms with van der Waals surface area (Å²) in [6.07, 6.45) is 1.23. The molecule has 5 heteroatoms. The highest BCUT2D eigenvalue weighted by Gasteiger charge is 2.18. The molecule has 2 atom stereocenters. The third-order valence-electron chi connectivity index (χ3n) is 3.19. The van der Waals surface area contributed by atoms with E-state index < -0.39 is 0 Å². The molecule has 1 N–H and O–H groups in total. The molecule has 0 aliphatic carbocycles. The van der Waals surface area contributed by atoms with Crippen LogP contribution in [0.25, 0.3) is 5.69 Å². The predicted molar refractivity (Wildman–Crippen MR) is 68.3 cm³/mol. The Morgan fingerprint density at radius 2 is 2.00 bits per heavy atom. The van der Waals surface area contributed by atoms with E-state index in [1.54, 1.807) is 4.68 Å². The Morgan fingerprint density at radius 3 is 2.61 bits per heavy atom. The van der Waals surface area contributed by atoms with Gasteiger partial charge in [-0.2, -0.15) is 4.68 Å². The maximum atomic E-state index is 9.69. The van der Waals surface area contributed by atoms with Crippen molar-refractivity contribution in [3.63, 3.8) is 0 Å². The van der Waals surface area contributed by atoms with Crippen LogP contribution in [-0.2, 0) is 6.42 Å². The standard InChI is InChI=1S/C13H18N4O/c1-3-11(10(2)18)9-13-14-15-16-17(13)12-7-5-4-6-8-12/h4-8,10-11,18H,3,9H2,1-2H3. The largest absolute Gasteiger partial charge is 0.393 e. The van der Waals surface area contributed by atoms with Gasteiger partial charge in [0.1, 0.15) is 0 Å². The molecule has 5 nitrogen and oxygen atoms in total. The molecule has 0 saturated heterocycles. The Labute approximate surface area is 106 Å². The van der Waals surface area contributed by atoms with Crippen LogP contribution in [0.5, 0.6) is 0 Å². The van der Waals surface area contributed by atoms with Gasteiger partial charge in [-0.15, -0.1) is 5.10 Å². The lowest BCUT2D eigenvalue weighted by Crippen LogP contribution is -2.20. The summed E-state index contributed by atoms with van der Waals surface area (Å²) in [6, 6.07) is 9.78. The highest BCUT2D eigenvalue weighted by atomic mass is 16.3. The summed E-state index contributed by atoms with van der Waals surface area (Å²) in [4.78, 5) is 0. The molecule has 0 radical (unpaired) electrons. The molecule has 0 fully saturated rings. The summed E-state index contributed by atoms with van der Waals surface area (Å²) in [5, 5.41) is 21.5. The number of rotatable bonds is 5. The van der Waals surface area contributed by atoms with Crippen molar-refractivity contribution in [1.29, 1.82) is 0 Å². The number of benzene rings is 1. The minimum Gasteiger partial charge on any atom is -0.393 e. The van der Waals surface area contributed by atoms with Crippen molar-refractivity contribution in [3.05, 3.63) is 36.2 Å². The van der Waals surface area contributed by atoms with Gasteiger partial charge in [0.15, 0.2) is 5.82 Å². The second-order valence-electron chi connectivity index (χ2n) is 4.46. The van der Waals surface area contributed by atoms with E-state index in [1.165, 1.54) is 0 Å². The van der Waals surface area contributed by atoms with E-state index in [0.717, 1.165) is 17.9 Å². The zero-order valence-corrected chi connectivity index (χ0v) is 10.7. The normalized spacial score (nSPS) is 14.4. The lowest BCUT2D eigenvalue weighted by molar-refractivity contribution is 0.121. The van der Waals surface area contributed by atoms with Gasteiger partial charge in [-0.1, -0.05) is 31.5 Å². The smallest absolute Gasteiger partial charge is 0.157 e. The Kier molecular flexibility index (Phi) is 4.04. The van der Waals surface area contributed by atoms with Crippen molar-refractivity contribution in [1.82, 2.24) is 20.2 Å². The summed E-state index contributed by atoms with van der Waals surface area (Å²) in [5.41, 5.74) is 0.943. The molecule has 0 bridgehead atoms. The minimum atomic E-state index is -0.351. The first kappa shape index (κ1) is 12.7. The molecular formula is C13H18N4O. The second-order valence-corrected chi connectivity index (χ2v) is 4.46. The zero-order chi connectivity index (χ0) is 13.0. The average Bonchev–Trinajstić information content (AvgIpc) is 2.84. The fourth-order valence-corrected chi connectivity index (χ4v) is 1.99. The summed E-state index contributed by atoms with van der Waals surface area (Å²) in [7, 11) is 0. The van der Waals surface area contributed by atoms with E-state index in [-0.39, 0.29) is 12.0 Å². The molecule has 0 saturated carbocycles. The van der Waals surface area contributed by atoms with Crippen LogP contribution in [0.1, 0.15) is 26.1 Å². The van der Waals surface area contributed by atoms with Gasteiger partial charge in [0.2, 0.25) is 0 Å². The monoisotopic (exact) mass is 246 g/mol. The first-order valence-electron chi connectivity index (χ1n) is 6.23. The second kappa shape index (κ2) is 5.73. The van der Waals surface area contributed by atoms with E-state index in [1.807, 2.05) is 37.3 Å².